The molecule has 0 saturated carbocycles. The van der Waals surface area contributed by atoms with Crippen LogP contribution in [0, 0.1) is 12.7 Å². The number of carbonyl (C=O) groups excluding carboxylic acids is 1. The van der Waals surface area contributed by atoms with Gasteiger partial charge in [0.25, 0.3) is 0 Å². The van der Waals surface area contributed by atoms with Gasteiger partial charge in [-0.15, -0.1) is 0 Å². The zero-order valence-corrected chi connectivity index (χ0v) is 13.6. The lowest BCUT2D eigenvalue weighted by atomic mass is 10.0. The Hall–Kier alpha value is -2.50. The predicted molar refractivity (Wildman–Crippen MR) is 89.1 cm³/mol. The van der Waals surface area contributed by atoms with Crippen molar-refractivity contribution >= 4 is 17.4 Å². The second-order valence-electron chi connectivity index (χ2n) is 5.26. The van der Waals surface area contributed by atoms with Crippen LogP contribution >= 0.6 is 11.6 Å². The van der Waals surface area contributed by atoms with E-state index in [-0.39, 0.29) is 17.7 Å². The van der Waals surface area contributed by atoms with E-state index in [0.29, 0.717) is 22.2 Å². The van der Waals surface area contributed by atoms with Crippen LogP contribution in [-0.2, 0) is 6.61 Å². The maximum absolute atomic E-state index is 14.0. The number of aliphatic hydroxyl groups is 1. The monoisotopic (exact) mass is 344 g/mol. The van der Waals surface area contributed by atoms with Gasteiger partial charge < -0.3 is 5.11 Å². The third kappa shape index (κ3) is 2.84. The van der Waals surface area contributed by atoms with E-state index in [1.54, 1.807) is 29.7 Å². The Balaban J connectivity index is 2.22. The Bertz CT molecular complexity index is 921. The number of imidazole rings is 1. The van der Waals surface area contributed by atoms with Crippen LogP contribution in [0.3, 0.4) is 0 Å². The van der Waals surface area contributed by atoms with Crippen LogP contribution in [0.1, 0.15) is 27.4 Å². The number of ketones is 1. The van der Waals surface area contributed by atoms with Gasteiger partial charge in [-0.05, 0) is 37.3 Å². The summed E-state index contributed by atoms with van der Waals surface area (Å²) in [7, 11) is 0. The molecule has 0 unspecified atom stereocenters. The van der Waals surface area contributed by atoms with E-state index in [1.807, 2.05) is 0 Å². The van der Waals surface area contributed by atoms with Crippen LogP contribution in [0.25, 0.3) is 5.69 Å². The number of hydrogen-bond acceptors (Lipinski definition) is 3. The number of aryl methyl sites for hydroxylation is 1. The van der Waals surface area contributed by atoms with E-state index in [4.69, 9.17) is 11.6 Å². The van der Waals surface area contributed by atoms with Gasteiger partial charge in [-0.2, -0.15) is 0 Å². The van der Waals surface area contributed by atoms with Gasteiger partial charge in [-0.3, -0.25) is 9.36 Å². The lowest BCUT2D eigenvalue weighted by molar-refractivity contribution is 0.103. The van der Waals surface area contributed by atoms with Crippen LogP contribution in [-0.4, -0.2) is 20.4 Å². The van der Waals surface area contributed by atoms with E-state index in [1.165, 1.54) is 30.5 Å². The third-order valence-electron chi connectivity index (χ3n) is 3.74. The highest BCUT2D eigenvalue weighted by molar-refractivity contribution is 6.31. The van der Waals surface area contributed by atoms with Crippen molar-refractivity contribution in [2.75, 3.05) is 0 Å². The number of benzene rings is 2. The van der Waals surface area contributed by atoms with Crippen molar-refractivity contribution in [1.29, 1.82) is 0 Å². The molecule has 6 heteroatoms. The summed E-state index contributed by atoms with van der Waals surface area (Å²) in [6.45, 7) is 1.52. The van der Waals surface area contributed by atoms with Gasteiger partial charge in [0.1, 0.15) is 11.6 Å². The number of aromatic nitrogens is 2. The average Bonchev–Trinajstić information content (AvgIpc) is 2.95. The van der Waals surface area contributed by atoms with E-state index >= 15 is 0 Å². The average molecular weight is 345 g/mol. The number of carbonyl (C=O) groups is 1. The van der Waals surface area contributed by atoms with E-state index in [9.17, 15) is 14.3 Å². The first kappa shape index (κ1) is 16.4. The van der Waals surface area contributed by atoms with Crippen LogP contribution in [0.4, 0.5) is 4.39 Å². The molecule has 0 aliphatic heterocycles. The molecule has 1 aromatic heterocycles. The quantitative estimate of drug-likeness (QED) is 0.734. The second-order valence-corrected chi connectivity index (χ2v) is 5.70. The summed E-state index contributed by atoms with van der Waals surface area (Å²) >= 11 is 6.04. The number of halogens is 2. The summed E-state index contributed by atoms with van der Waals surface area (Å²) in [5.41, 5.74) is 1.22. The number of rotatable bonds is 4. The highest BCUT2D eigenvalue weighted by Gasteiger charge is 2.20. The Morgan fingerprint density at radius 3 is 2.71 bits per heavy atom. The van der Waals surface area contributed by atoms with Gasteiger partial charge in [0.15, 0.2) is 5.78 Å². The molecule has 4 nitrogen and oxygen atoms in total. The Labute approximate surface area is 143 Å². The molecule has 3 aromatic rings. The van der Waals surface area contributed by atoms with Crippen molar-refractivity contribution in [2.45, 2.75) is 13.5 Å². The van der Waals surface area contributed by atoms with Gasteiger partial charge in [-0.25, -0.2) is 9.37 Å². The highest BCUT2D eigenvalue weighted by Crippen LogP contribution is 2.26. The lowest BCUT2D eigenvalue weighted by Gasteiger charge is -2.14. The molecule has 0 saturated heterocycles. The predicted octanol–water partition coefficient (Wildman–Crippen LogP) is 3.70. The molecule has 0 bridgehead atoms. The summed E-state index contributed by atoms with van der Waals surface area (Å²) < 4.78 is 15.7. The minimum atomic E-state index is -0.599. The topological polar surface area (TPSA) is 55.1 Å². The Morgan fingerprint density at radius 1 is 1.25 bits per heavy atom. The van der Waals surface area contributed by atoms with E-state index in [2.05, 4.69) is 4.98 Å². The van der Waals surface area contributed by atoms with Crippen molar-refractivity contribution in [3.63, 3.8) is 0 Å². The van der Waals surface area contributed by atoms with Crippen molar-refractivity contribution < 1.29 is 14.3 Å². The minimum Gasteiger partial charge on any atom is -0.390 e. The van der Waals surface area contributed by atoms with Gasteiger partial charge in [-0.1, -0.05) is 23.7 Å². The lowest BCUT2D eigenvalue weighted by Crippen LogP contribution is -2.12. The molecule has 0 fully saturated rings. The molecular formula is C18H14ClFN2O2. The van der Waals surface area contributed by atoms with Crippen LogP contribution in [0.5, 0.6) is 0 Å². The molecule has 122 valence electrons. The molecule has 1 heterocycles. The molecule has 0 spiro atoms. The summed E-state index contributed by atoms with van der Waals surface area (Å²) in [6, 6.07) is 10.6. The molecule has 0 atom stereocenters. The smallest absolute Gasteiger partial charge is 0.198 e. The van der Waals surface area contributed by atoms with Crippen LogP contribution < -0.4 is 0 Å². The minimum absolute atomic E-state index is 0.0377. The molecule has 1 N–H and O–H groups in total. The first-order chi connectivity index (χ1) is 11.5. The maximum atomic E-state index is 14.0. The maximum Gasteiger partial charge on any atom is 0.198 e. The number of nitrogens with zero attached hydrogens (tertiary/aromatic N) is 2. The number of aliphatic hydroxyl groups excluding tert-OH is 1. The standard InChI is InChI=1S/C18H14ClFN2O2/c1-11-21-9-13(10-23)22(11)17-7-6-12(19)8-15(17)18(24)14-4-2-3-5-16(14)20/h2-9,23H,10H2,1H3. The van der Waals surface area contributed by atoms with Gasteiger partial charge in [0.05, 0.1) is 29.7 Å². The largest absolute Gasteiger partial charge is 0.390 e. The number of hydrogen-bond donors (Lipinski definition) is 1. The molecule has 0 amide bonds. The first-order valence-electron chi connectivity index (χ1n) is 7.26. The van der Waals surface area contributed by atoms with E-state index < -0.39 is 11.6 Å². The molecule has 0 radical (unpaired) electrons. The van der Waals surface area contributed by atoms with E-state index in [0.717, 1.165) is 0 Å². The fraction of sp³-hybridized carbons (Fsp3) is 0.111. The van der Waals surface area contributed by atoms with Crippen molar-refractivity contribution in [1.82, 2.24) is 9.55 Å². The zero-order valence-electron chi connectivity index (χ0n) is 12.8. The molecular weight excluding hydrogens is 331 g/mol. The Morgan fingerprint density at radius 2 is 2.00 bits per heavy atom. The molecule has 2 aromatic carbocycles. The summed E-state index contributed by atoms with van der Waals surface area (Å²) in [4.78, 5) is 17.0. The summed E-state index contributed by atoms with van der Waals surface area (Å²) in [6.07, 6.45) is 1.53. The SMILES string of the molecule is Cc1ncc(CO)n1-c1ccc(Cl)cc1C(=O)c1ccccc1F. The summed E-state index contributed by atoms with van der Waals surface area (Å²) in [5.74, 6) is -0.482. The van der Waals surface area contributed by atoms with Gasteiger partial charge >= 0.3 is 0 Å². The van der Waals surface area contributed by atoms with Gasteiger partial charge in [0, 0.05) is 10.6 Å². The molecule has 3 rings (SSSR count). The van der Waals surface area contributed by atoms with Gasteiger partial charge in [0.2, 0.25) is 0 Å². The highest BCUT2D eigenvalue weighted by atomic mass is 35.5. The van der Waals surface area contributed by atoms with Crippen LogP contribution in [0.15, 0.2) is 48.7 Å². The fourth-order valence-electron chi connectivity index (χ4n) is 2.61. The Kier molecular flexibility index (Phi) is 4.46. The molecule has 24 heavy (non-hydrogen) atoms. The molecule has 0 aliphatic carbocycles. The van der Waals surface area contributed by atoms with Crippen molar-refractivity contribution in [2.24, 2.45) is 0 Å². The molecule has 0 aliphatic rings. The third-order valence-corrected chi connectivity index (χ3v) is 3.97. The van der Waals surface area contributed by atoms with Crippen molar-refractivity contribution in [3.05, 3.63) is 82.1 Å². The fourth-order valence-corrected chi connectivity index (χ4v) is 2.78. The van der Waals surface area contributed by atoms with Crippen molar-refractivity contribution in [3.8, 4) is 5.69 Å². The summed E-state index contributed by atoms with van der Waals surface area (Å²) in [5, 5.41) is 9.87. The second kappa shape index (κ2) is 6.55. The normalized spacial score (nSPS) is 10.8. The zero-order chi connectivity index (χ0) is 17.3. The first-order valence-corrected chi connectivity index (χ1v) is 7.64. The van der Waals surface area contributed by atoms with Crippen LogP contribution in [0.2, 0.25) is 5.02 Å².